The predicted octanol–water partition coefficient (Wildman–Crippen LogP) is 2.88. The molecule has 1 saturated carbocycles. The zero-order valence-electron chi connectivity index (χ0n) is 12.6. The fourth-order valence-electron chi connectivity index (χ4n) is 3.98. The molecule has 0 radical (unpaired) electrons. The van der Waals surface area contributed by atoms with Gasteiger partial charge in [0.2, 0.25) is 0 Å². The van der Waals surface area contributed by atoms with Crippen LogP contribution < -0.4 is 10.5 Å². The van der Waals surface area contributed by atoms with Gasteiger partial charge < -0.3 is 10.5 Å². The number of ether oxygens (including phenoxy) is 1. The van der Waals surface area contributed by atoms with Crippen molar-refractivity contribution in [1.82, 2.24) is 4.90 Å². The maximum absolute atomic E-state index is 6.57. The molecule has 3 nitrogen and oxygen atoms in total. The van der Waals surface area contributed by atoms with Crippen molar-refractivity contribution < 1.29 is 4.74 Å². The van der Waals surface area contributed by atoms with Crippen LogP contribution in [-0.4, -0.2) is 31.1 Å². The Kier molecular flexibility index (Phi) is 3.99. The highest BCUT2D eigenvalue weighted by atomic mass is 16.5. The van der Waals surface area contributed by atoms with Gasteiger partial charge in [-0.25, -0.2) is 0 Å². The molecule has 2 N–H and O–H groups in total. The lowest BCUT2D eigenvalue weighted by Crippen LogP contribution is -2.47. The highest BCUT2D eigenvalue weighted by molar-refractivity contribution is 5.40. The molecule has 3 heteroatoms. The summed E-state index contributed by atoms with van der Waals surface area (Å²) in [6.07, 6.45) is 7.72. The largest absolute Gasteiger partial charge is 0.497 e. The number of aryl methyl sites for hydroxylation is 1. The standard InChI is InChI=1S/C17H26N2O/c1-19(13-5-3-4-6-13)16-10-7-12-11-14(20-2)8-9-15(12)17(16)18/h8-9,11,13,16-17H,3-7,10,18H2,1-2H3. The molecule has 0 heterocycles. The molecule has 0 aromatic heterocycles. The number of fused-ring (bicyclic) bond motifs is 1. The highest BCUT2D eigenvalue weighted by Gasteiger charge is 2.33. The second kappa shape index (κ2) is 5.74. The molecule has 0 bridgehead atoms. The first-order chi connectivity index (χ1) is 9.70. The second-order valence-electron chi connectivity index (χ2n) is 6.30. The van der Waals surface area contributed by atoms with Crippen LogP contribution in [0.15, 0.2) is 18.2 Å². The van der Waals surface area contributed by atoms with Crippen LogP contribution >= 0.6 is 0 Å². The van der Waals surface area contributed by atoms with Gasteiger partial charge in [0.1, 0.15) is 5.75 Å². The molecule has 2 aliphatic rings. The van der Waals surface area contributed by atoms with Gasteiger partial charge in [0.05, 0.1) is 7.11 Å². The lowest BCUT2D eigenvalue weighted by Gasteiger charge is -2.40. The normalized spacial score (nSPS) is 26.8. The zero-order valence-corrected chi connectivity index (χ0v) is 12.6. The number of hydrogen-bond donors (Lipinski definition) is 1. The summed E-state index contributed by atoms with van der Waals surface area (Å²) in [5.74, 6) is 0.943. The number of hydrogen-bond acceptors (Lipinski definition) is 3. The average Bonchev–Trinajstić information content (AvgIpc) is 3.01. The van der Waals surface area contributed by atoms with E-state index in [1.807, 2.05) is 6.07 Å². The summed E-state index contributed by atoms with van der Waals surface area (Å²) in [5, 5.41) is 0. The first-order valence-corrected chi connectivity index (χ1v) is 7.85. The van der Waals surface area contributed by atoms with Crippen LogP contribution in [0.4, 0.5) is 0 Å². The summed E-state index contributed by atoms with van der Waals surface area (Å²) < 4.78 is 5.32. The van der Waals surface area contributed by atoms with E-state index in [2.05, 4.69) is 24.1 Å². The van der Waals surface area contributed by atoms with Gasteiger partial charge in [-0.05, 0) is 56.0 Å². The van der Waals surface area contributed by atoms with Gasteiger partial charge >= 0.3 is 0 Å². The summed E-state index contributed by atoms with van der Waals surface area (Å²) in [5.41, 5.74) is 9.25. The Balaban J connectivity index is 1.79. The van der Waals surface area contributed by atoms with Gasteiger partial charge in [-0.3, -0.25) is 4.90 Å². The Bertz CT molecular complexity index is 468. The van der Waals surface area contributed by atoms with Crippen molar-refractivity contribution in [3.8, 4) is 5.75 Å². The van der Waals surface area contributed by atoms with Crippen LogP contribution in [0.1, 0.15) is 49.3 Å². The van der Waals surface area contributed by atoms with Crippen LogP contribution in [0.3, 0.4) is 0 Å². The summed E-state index contributed by atoms with van der Waals surface area (Å²) in [6.45, 7) is 0. The number of likely N-dealkylation sites (N-methyl/N-ethyl adjacent to an activating group) is 1. The molecule has 0 spiro atoms. The van der Waals surface area contributed by atoms with Gasteiger partial charge in [-0.1, -0.05) is 18.9 Å². The molecule has 1 aromatic carbocycles. The van der Waals surface area contributed by atoms with Gasteiger partial charge in [0.15, 0.2) is 0 Å². The molecule has 110 valence electrons. The smallest absolute Gasteiger partial charge is 0.119 e. The minimum Gasteiger partial charge on any atom is -0.497 e. The summed E-state index contributed by atoms with van der Waals surface area (Å²) in [7, 11) is 4.00. The first-order valence-electron chi connectivity index (χ1n) is 7.85. The molecule has 0 amide bonds. The fourth-order valence-corrected chi connectivity index (χ4v) is 3.98. The maximum Gasteiger partial charge on any atom is 0.119 e. The van der Waals surface area contributed by atoms with E-state index in [0.29, 0.717) is 6.04 Å². The van der Waals surface area contributed by atoms with E-state index in [0.717, 1.165) is 24.6 Å². The molecule has 1 aromatic rings. The third-order valence-electron chi connectivity index (χ3n) is 5.26. The third-order valence-corrected chi connectivity index (χ3v) is 5.26. The van der Waals surface area contributed by atoms with E-state index in [1.165, 1.54) is 36.8 Å². The molecule has 2 unspecified atom stereocenters. The van der Waals surface area contributed by atoms with Gasteiger partial charge in [0, 0.05) is 18.1 Å². The molecular formula is C17H26N2O. The van der Waals surface area contributed by atoms with Gasteiger partial charge in [0.25, 0.3) is 0 Å². The average molecular weight is 274 g/mol. The lowest BCUT2D eigenvalue weighted by molar-refractivity contribution is 0.138. The number of methoxy groups -OCH3 is 1. The third kappa shape index (κ3) is 2.45. The Morgan fingerprint density at radius 1 is 1.20 bits per heavy atom. The van der Waals surface area contributed by atoms with Gasteiger partial charge in [-0.15, -0.1) is 0 Å². The van der Waals surface area contributed by atoms with E-state index in [4.69, 9.17) is 10.5 Å². The van der Waals surface area contributed by atoms with E-state index in [-0.39, 0.29) is 6.04 Å². The predicted molar refractivity (Wildman–Crippen MR) is 82.1 cm³/mol. The topological polar surface area (TPSA) is 38.5 Å². The van der Waals surface area contributed by atoms with Crippen LogP contribution in [0.2, 0.25) is 0 Å². The Labute approximate surface area is 122 Å². The molecule has 0 aliphatic heterocycles. The second-order valence-corrected chi connectivity index (χ2v) is 6.30. The quantitative estimate of drug-likeness (QED) is 0.921. The van der Waals surface area contributed by atoms with Gasteiger partial charge in [-0.2, -0.15) is 0 Å². The SMILES string of the molecule is COc1ccc2c(c1)CCC(N(C)C1CCCC1)C2N. The van der Waals surface area contributed by atoms with Crippen molar-refractivity contribution in [2.45, 2.75) is 56.7 Å². The van der Waals surface area contributed by atoms with E-state index in [9.17, 15) is 0 Å². The van der Waals surface area contributed by atoms with Crippen molar-refractivity contribution in [3.05, 3.63) is 29.3 Å². The van der Waals surface area contributed by atoms with Crippen LogP contribution in [0.5, 0.6) is 5.75 Å². The fraction of sp³-hybridized carbons (Fsp3) is 0.647. The number of rotatable bonds is 3. The number of benzene rings is 1. The van der Waals surface area contributed by atoms with E-state index in [1.54, 1.807) is 7.11 Å². The summed E-state index contributed by atoms with van der Waals surface area (Å²) in [6, 6.07) is 7.71. The van der Waals surface area contributed by atoms with Crippen molar-refractivity contribution >= 4 is 0 Å². The van der Waals surface area contributed by atoms with E-state index >= 15 is 0 Å². The number of nitrogens with two attached hydrogens (primary N) is 1. The zero-order chi connectivity index (χ0) is 14.1. The highest BCUT2D eigenvalue weighted by Crippen LogP contribution is 2.35. The minimum atomic E-state index is 0.134. The Hall–Kier alpha value is -1.06. The number of nitrogens with zero attached hydrogens (tertiary/aromatic N) is 1. The van der Waals surface area contributed by atoms with Crippen molar-refractivity contribution in [2.75, 3.05) is 14.2 Å². The van der Waals surface area contributed by atoms with Crippen LogP contribution in [-0.2, 0) is 6.42 Å². The molecule has 2 aliphatic carbocycles. The minimum absolute atomic E-state index is 0.134. The summed E-state index contributed by atoms with van der Waals surface area (Å²) in [4.78, 5) is 2.56. The van der Waals surface area contributed by atoms with E-state index < -0.39 is 0 Å². The first kappa shape index (κ1) is 13.9. The summed E-state index contributed by atoms with van der Waals surface area (Å²) >= 11 is 0. The van der Waals surface area contributed by atoms with Crippen molar-refractivity contribution in [1.29, 1.82) is 0 Å². The Morgan fingerprint density at radius 3 is 2.65 bits per heavy atom. The van der Waals surface area contributed by atoms with Crippen molar-refractivity contribution in [3.63, 3.8) is 0 Å². The molecule has 3 rings (SSSR count). The van der Waals surface area contributed by atoms with Crippen LogP contribution in [0, 0.1) is 0 Å². The Morgan fingerprint density at radius 2 is 1.95 bits per heavy atom. The lowest BCUT2D eigenvalue weighted by atomic mass is 9.83. The van der Waals surface area contributed by atoms with Crippen LogP contribution in [0.25, 0.3) is 0 Å². The monoisotopic (exact) mass is 274 g/mol. The maximum atomic E-state index is 6.57. The molecule has 1 fully saturated rings. The molecule has 2 atom stereocenters. The van der Waals surface area contributed by atoms with Crippen molar-refractivity contribution in [2.24, 2.45) is 5.73 Å². The molecule has 0 saturated heterocycles. The molecule has 20 heavy (non-hydrogen) atoms. The molecular weight excluding hydrogens is 248 g/mol.